The van der Waals surface area contributed by atoms with Crippen LogP contribution in [0.4, 0.5) is 11.4 Å². The van der Waals surface area contributed by atoms with Gasteiger partial charge in [-0.1, -0.05) is 13.8 Å². The van der Waals surface area contributed by atoms with Gasteiger partial charge in [0.05, 0.1) is 12.8 Å². The summed E-state index contributed by atoms with van der Waals surface area (Å²) in [5, 5.41) is 3.43. The van der Waals surface area contributed by atoms with Crippen molar-refractivity contribution in [3.63, 3.8) is 0 Å². The van der Waals surface area contributed by atoms with E-state index in [1.165, 1.54) is 0 Å². The molecule has 4 nitrogen and oxygen atoms in total. The molecule has 0 amide bonds. The first-order chi connectivity index (χ1) is 8.34. The smallest absolute Gasteiger partial charge is 0.143 e. The number of hydrogen-bond acceptors (Lipinski definition) is 4. The van der Waals surface area contributed by atoms with Crippen LogP contribution in [0.2, 0.25) is 0 Å². The molecule has 0 bridgehead atoms. The van der Waals surface area contributed by atoms with Crippen LogP contribution in [0.3, 0.4) is 0 Å². The molecule has 4 heteroatoms. The van der Waals surface area contributed by atoms with Crippen molar-refractivity contribution in [2.75, 3.05) is 45.3 Å². The van der Waals surface area contributed by atoms with Crippen LogP contribution in [0, 0.1) is 5.41 Å². The predicted molar refractivity (Wildman–Crippen MR) is 78.2 cm³/mol. The van der Waals surface area contributed by atoms with E-state index >= 15 is 0 Å². The largest absolute Gasteiger partial charge is 0.495 e. The highest BCUT2D eigenvalue weighted by Crippen LogP contribution is 2.26. The van der Waals surface area contributed by atoms with Crippen LogP contribution in [0.5, 0.6) is 5.75 Å². The summed E-state index contributed by atoms with van der Waals surface area (Å²) < 4.78 is 5.21. The predicted octanol–water partition coefficient (Wildman–Crippen LogP) is 2.28. The maximum absolute atomic E-state index is 5.79. The molecule has 0 fully saturated rings. The van der Waals surface area contributed by atoms with Gasteiger partial charge in [-0.05, 0) is 31.6 Å². The van der Waals surface area contributed by atoms with Gasteiger partial charge in [0, 0.05) is 24.8 Å². The van der Waals surface area contributed by atoms with Gasteiger partial charge in [-0.15, -0.1) is 0 Å². The van der Waals surface area contributed by atoms with Crippen molar-refractivity contribution in [2.24, 2.45) is 5.41 Å². The number of ether oxygens (including phenoxy) is 1. The zero-order valence-corrected chi connectivity index (χ0v) is 12.1. The van der Waals surface area contributed by atoms with Crippen molar-refractivity contribution in [3.8, 4) is 5.75 Å². The summed E-state index contributed by atoms with van der Waals surface area (Å²) in [5.74, 6) is 0.713. The molecule has 0 aromatic heterocycles. The Kier molecular flexibility index (Phi) is 4.84. The molecule has 18 heavy (non-hydrogen) atoms. The molecule has 0 aliphatic rings. The lowest BCUT2D eigenvalue weighted by atomic mass is 9.93. The number of nitrogen functional groups attached to an aromatic ring is 1. The molecule has 1 rings (SSSR count). The third-order valence-corrected chi connectivity index (χ3v) is 2.75. The van der Waals surface area contributed by atoms with E-state index in [1.54, 1.807) is 7.11 Å². The van der Waals surface area contributed by atoms with E-state index in [2.05, 4.69) is 38.2 Å². The summed E-state index contributed by atoms with van der Waals surface area (Å²) in [6, 6.07) is 5.77. The van der Waals surface area contributed by atoms with Crippen LogP contribution in [0.25, 0.3) is 0 Å². The third-order valence-electron chi connectivity index (χ3n) is 2.75. The highest BCUT2D eigenvalue weighted by atomic mass is 16.5. The Morgan fingerprint density at radius 3 is 2.56 bits per heavy atom. The average molecular weight is 251 g/mol. The molecule has 0 spiro atoms. The first-order valence-electron chi connectivity index (χ1n) is 6.16. The number of anilines is 2. The Morgan fingerprint density at radius 2 is 2.00 bits per heavy atom. The van der Waals surface area contributed by atoms with Crippen LogP contribution < -0.4 is 15.8 Å². The van der Waals surface area contributed by atoms with E-state index in [1.807, 2.05) is 18.2 Å². The lowest BCUT2D eigenvalue weighted by molar-refractivity contribution is 0.254. The molecule has 0 aliphatic carbocycles. The molecule has 0 saturated heterocycles. The Bertz CT molecular complexity index is 389. The van der Waals surface area contributed by atoms with Gasteiger partial charge in [-0.2, -0.15) is 0 Å². The number of benzene rings is 1. The van der Waals surface area contributed by atoms with Crippen molar-refractivity contribution < 1.29 is 4.74 Å². The molecule has 0 atom stereocenters. The molecule has 1 aromatic carbocycles. The van der Waals surface area contributed by atoms with Crippen LogP contribution in [-0.4, -0.2) is 39.2 Å². The summed E-state index contributed by atoms with van der Waals surface area (Å²) in [6.45, 7) is 6.42. The highest BCUT2D eigenvalue weighted by molar-refractivity contribution is 5.61. The molecule has 1 aromatic rings. The van der Waals surface area contributed by atoms with E-state index < -0.39 is 0 Å². The van der Waals surface area contributed by atoms with Gasteiger partial charge in [0.25, 0.3) is 0 Å². The monoisotopic (exact) mass is 251 g/mol. The SMILES string of the molecule is COc1cc(NCC(C)(C)CN(C)C)ccc1N. The van der Waals surface area contributed by atoms with E-state index in [-0.39, 0.29) is 5.41 Å². The Hall–Kier alpha value is -1.42. The Morgan fingerprint density at radius 1 is 1.33 bits per heavy atom. The van der Waals surface area contributed by atoms with Gasteiger partial charge in [0.15, 0.2) is 0 Å². The standard InChI is InChI=1S/C14H25N3O/c1-14(2,10-17(3)4)9-16-11-6-7-12(15)13(8-11)18-5/h6-8,16H,9-10,15H2,1-5H3. The zero-order valence-electron chi connectivity index (χ0n) is 12.1. The van der Waals surface area contributed by atoms with E-state index in [0.29, 0.717) is 11.4 Å². The molecule has 102 valence electrons. The van der Waals surface area contributed by atoms with E-state index in [4.69, 9.17) is 10.5 Å². The van der Waals surface area contributed by atoms with Gasteiger partial charge >= 0.3 is 0 Å². The maximum atomic E-state index is 5.79. The van der Waals surface area contributed by atoms with E-state index in [0.717, 1.165) is 18.8 Å². The van der Waals surface area contributed by atoms with Crippen LogP contribution >= 0.6 is 0 Å². The van der Waals surface area contributed by atoms with E-state index in [9.17, 15) is 0 Å². The van der Waals surface area contributed by atoms with Crippen LogP contribution in [0.1, 0.15) is 13.8 Å². The number of nitrogens with two attached hydrogens (primary N) is 1. The topological polar surface area (TPSA) is 50.5 Å². The summed E-state index contributed by atoms with van der Waals surface area (Å²) in [5.41, 5.74) is 7.69. The zero-order chi connectivity index (χ0) is 13.8. The van der Waals surface area contributed by atoms with Crippen molar-refractivity contribution in [3.05, 3.63) is 18.2 Å². The first kappa shape index (κ1) is 14.6. The average Bonchev–Trinajstić information content (AvgIpc) is 2.26. The molecule has 0 aliphatic heterocycles. The minimum Gasteiger partial charge on any atom is -0.495 e. The second kappa shape index (κ2) is 5.96. The molecular weight excluding hydrogens is 226 g/mol. The fourth-order valence-corrected chi connectivity index (χ4v) is 2.07. The summed E-state index contributed by atoms with van der Waals surface area (Å²) in [7, 11) is 5.81. The second-order valence-corrected chi connectivity index (χ2v) is 5.71. The van der Waals surface area contributed by atoms with Crippen molar-refractivity contribution in [1.29, 1.82) is 0 Å². The van der Waals surface area contributed by atoms with Gasteiger partial charge in [0.2, 0.25) is 0 Å². The van der Waals surface area contributed by atoms with Crippen molar-refractivity contribution >= 4 is 11.4 Å². The first-order valence-corrected chi connectivity index (χ1v) is 6.16. The molecule has 0 heterocycles. The Labute approximate surface area is 110 Å². The number of rotatable bonds is 6. The normalized spacial score (nSPS) is 11.7. The highest BCUT2D eigenvalue weighted by Gasteiger charge is 2.18. The summed E-state index contributed by atoms with van der Waals surface area (Å²) in [6.07, 6.45) is 0. The molecule has 0 radical (unpaired) electrons. The maximum Gasteiger partial charge on any atom is 0.143 e. The van der Waals surface area contributed by atoms with Gasteiger partial charge in [0.1, 0.15) is 5.75 Å². The lowest BCUT2D eigenvalue weighted by Crippen LogP contribution is -2.34. The lowest BCUT2D eigenvalue weighted by Gasteiger charge is -2.29. The minimum absolute atomic E-state index is 0.206. The molecule has 3 N–H and O–H groups in total. The van der Waals surface area contributed by atoms with Crippen LogP contribution in [0.15, 0.2) is 18.2 Å². The van der Waals surface area contributed by atoms with Crippen LogP contribution in [-0.2, 0) is 0 Å². The quantitative estimate of drug-likeness (QED) is 0.762. The number of hydrogen-bond donors (Lipinski definition) is 2. The van der Waals surface area contributed by atoms with Crippen molar-refractivity contribution in [1.82, 2.24) is 4.90 Å². The molecule has 0 saturated carbocycles. The second-order valence-electron chi connectivity index (χ2n) is 5.71. The summed E-state index contributed by atoms with van der Waals surface area (Å²) >= 11 is 0. The minimum atomic E-state index is 0.206. The fraction of sp³-hybridized carbons (Fsp3) is 0.571. The molecular formula is C14H25N3O. The Balaban J connectivity index is 2.63. The van der Waals surface area contributed by atoms with Crippen molar-refractivity contribution in [2.45, 2.75) is 13.8 Å². The van der Waals surface area contributed by atoms with Gasteiger partial charge in [-0.25, -0.2) is 0 Å². The van der Waals surface area contributed by atoms with Gasteiger partial charge < -0.3 is 20.7 Å². The summed E-state index contributed by atoms with van der Waals surface area (Å²) in [4.78, 5) is 2.20. The fourth-order valence-electron chi connectivity index (χ4n) is 2.07. The number of nitrogens with zero attached hydrogens (tertiary/aromatic N) is 1. The number of nitrogens with one attached hydrogen (secondary N) is 1. The third kappa shape index (κ3) is 4.45. The molecule has 0 unspecified atom stereocenters. The number of methoxy groups -OCH3 is 1. The van der Waals surface area contributed by atoms with Gasteiger partial charge in [-0.3, -0.25) is 0 Å².